The largest absolute Gasteiger partial charge is 0.462 e. The minimum absolute atomic E-state index is 0.139. The highest BCUT2D eigenvalue weighted by molar-refractivity contribution is 6.31. The predicted molar refractivity (Wildman–Crippen MR) is 124 cm³/mol. The molecule has 0 fully saturated rings. The SMILES string of the molecule is CCOC(=O)c1cnn2c(-c3cccc(NC(=O)CCn4nc(C)c(Cl)c4C)c3)ccnc12. The maximum Gasteiger partial charge on any atom is 0.343 e. The lowest BCUT2D eigenvalue weighted by atomic mass is 10.1. The molecule has 3 heterocycles. The second-order valence-electron chi connectivity index (χ2n) is 7.43. The molecule has 1 aromatic carbocycles. The van der Waals surface area contributed by atoms with Gasteiger partial charge in [-0.2, -0.15) is 10.2 Å². The van der Waals surface area contributed by atoms with Gasteiger partial charge in [-0.3, -0.25) is 9.48 Å². The van der Waals surface area contributed by atoms with E-state index in [1.54, 1.807) is 28.4 Å². The van der Waals surface area contributed by atoms with E-state index in [9.17, 15) is 9.59 Å². The topological polar surface area (TPSA) is 103 Å². The average Bonchev–Trinajstić information content (AvgIpc) is 3.35. The third kappa shape index (κ3) is 4.58. The molecule has 9 nitrogen and oxygen atoms in total. The lowest BCUT2D eigenvalue weighted by molar-refractivity contribution is -0.116. The lowest BCUT2D eigenvalue weighted by Gasteiger charge is -2.10. The van der Waals surface area contributed by atoms with E-state index in [-0.39, 0.29) is 18.9 Å². The van der Waals surface area contributed by atoms with Gasteiger partial charge in [0.2, 0.25) is 5.91 Å². The Morgan fingerprint density at radius 3 is 2.76 bits per heavy atom. The molecule has 0 saturated carbocycles. The number of amides is 1. The molecule has 33 heavy (non-hydrogen) atoms. The molecular formula is C23H23ClN6O3. The van der Waals surface area contributed by atoms with Crippen molar-refractivity contribution >= 4 is 34.8 Å². The van der Waals surface area contributed by atoms with Crippen molar-refractivity contribution in [3.05, 3.63) is 64.7 Å². The molecule has 0 radical (unpaired) electrons. The van der Waals surface area contributed by atoms with Gasteiger partial charge in [-0.1, -0.05) is 23.7 Å². The number of nitrogens with zero attached hydrogens (tertiary/aromatic N) is 5. The van der Waals surface area contributed by atoms with Crippen LogP contribution in [0.25, 0.3) is 16.9 Å². The first-order valence-corrected chi connectivity index (χ1v) is 10.9. The van der Waals surface area contributed by atoms with Crippen LogP contribution in [0.3, 0.4) is 0 Å². The van der Waals surface area contributed by atoms with E-state index in [1.165, 1.54) is 6.20 Å². The standard InChI is InChI=1S/C23H23ClN6O3/c1-4-33-23(32)18-13-26-30-19(8-10-25-22(18)30)16-6-5-7-17(12-16)27-20(31)9-11-29-15(3)21(24)14(2)28-29/h5-8,10,12-13H,4,9,11H2,1-3H3,(H,27,31). The number of rotatable bonds is 7. The summed E-state index contributed by atoms with van der Waals surface area (Å²) in [5.74, 6) is -0.610. The summed E-state index contributed by atoms with van der Waals surface area (Å²) in [6, 6.07) is 9.19. The highest BCUT2D eigenvalue weighted by Crippen LogP contribution is 2.24. The van der Waals surface area contributed by atoms with Crippen LogP contribution in [-0.4, -0.2) is 42.9 Å². The quantitative estimate of drug-likeness (QED) is 0.412. The normalized spacial score (nSPS) is 11.0. The van der Waals surface area contributed by atoms with E-state index in [2.05, 4.69) is 20.5 Å². The van der Waals surface area contributed by atoms with Crippen molar-refractivity contribution in [2.45, 2.75) is 33.7 Å². The van der Waals surface area contributed by atoms with E-state index in [0.29, 0.717) is 28.5 Å². The summed E-state index contributed by atoms with van der Waals surface area (Å²) in [6.45, 7) is 6.16. The summed E-state index contributed by atoms with van der Waals surface area (Å²) >= 11 is 6.17. The zero-order chi connectivity index (χ0) is 23.5. The van der Waals surface area contributed by atoms with Crippen LogP contribution in [0.5, 0.6) is 0 Å². The van der Waals surface area contributed by atoms with E-state index < -0.39 is 5.97 Å². The molecule has 0 spiro atoms. The molecule has 1 N–H and O–H groups in total. The molecule has 0 unspecified atom stereocenters. The van der Waals surface area contributed by atoms with Crippen LogP contribution in [-0.2, 0) is 16.1 Å². The highest BCUT2D eigenvalue weighted by atomic mass is 35.5. The molecule has 0 atom stereocenters. The maximum absolute atomic E-state index is 12.5. The van der Waals surface area contributed by atoms with Crippen LogP contribution in [0, 0.1) is 13.8 Å². The fourth-order valence-corrected chi connectivity index (χ4v) is 3.68. The van der Waals surface area contributed by atoms with Crippen molar-refractivity contribution in [2.24, 2.45) is 0 Å². The zero-order valence-electron chi connectivity index (χ0n) is 18.5. The van der Waals surface area contributed by atoms with E-state index in [4.69, 9.17) is 16.3 Å². The van der Waals surface area contributed by atoms with Gasteiger partial charge in [0.1, 0.15) is 5.56 Å². The zero-order valence-corrected chi connectivity index (χ0v) is 19.3. The molecule has 0 aliphatic carbocycles. The summed E-state index contributed by atoms with van der Waals surface area (Å²) in [4.78, 5) is 29.0. The van der Waals surface area contributed by atoms with Gasteiger partial charge in [0.15, 0.2) is 5.65 Å². The van der Waals surface area contributed by atoms with Gasteiger partial charge < -0.3 is 10.1 Å². The van der Waals surface area contributed by atoms with E-state index in [0.717, 1.165) is 22.6 Å². The second kappa shape index (κ2) is 9.41. The van der Waals surface area contributed by atoms with Crippen molar-refractivity contribution in [1.29, 1.82) is 0 Å². The summed E-state index contributed by atoms with van der Waals surface area (Å²) < 4.78 is 8.40. The maximum atomic E-state index is 12.5. The van der Waals surface area contributed by atoms with Crippen LogP contribution >= 0.6 is 11.6 Å². The number of anilines is 1. The Kier molecular flexibility index (Phi) is 6.41. The molecule has 170 valence electrons. The van der Waals surface area contributed by atoms with Crippen molar-refractivity contribution in [3.8, 4) is 11.3 Å². The number of fused-ring (bicyclic) bond motifs is 1. The Morgan fingerprint density at radius 2 is 2.03 bits per heavy atom. The number of esters is 1. The molecular weight excluding hydrogens is 444 g/mol. The second-order valence-corrected chi connectivity index (χ2v) is 7.81. The van der Waals surface area contributed by atoms with Gasteiger partial charge >= 0.3 is 5.97 Å². The first-order valence-electron chi connectivity index (χ1n) is 10.5. The number of benzene rings is 1. The fraction of sp³-hybridized carbons (Fsp3) is 0.261. The first-order chi connectivity index (χ1) is 15.9. The van der Waals surface area contributed by atoms with Crippen LogP contribution in [0.1, 0.15) is 35.1 Å². The van der Waals surface area contributed by atoms with Crippen molar-refractivity contribution in [2.75, 3.05) is 11.9 Å². The molecule has 0 saturated heterocycles. The van der Waals surface area contributed by atoms with E-state index in [1.807, 2.05) is 38.1 Å². The molecule has 0 bridgehead atoms. The van der Waals surface area contributed by atoms with Gasteiger partial charge in [0, 0.05) is 23.9 Å². The summed E-state index contributed by atoms with van der Waals surface area (Å²) in [7, 11) is 0. The lowest BCUT2D eigenvalue weighted by Crippen LogP contribution is -2.15. The van der Waals surface area contributed by atoms with Crippen LogP contribution in [0.4, 0.5) is 5.69 Å². The van der Waals surface area contributed by atoms with E-state index >= 15 is 0 Å². The molecule has 0 aliphatic rings. The van der Waals surface area contributed by atoms with Gasteiger partial charge in [0.25, 0.3) is 0 Å². The number of hydrogen-bond acceptors (Lipinski definition) is 6. The summed E-state index contributed by atoms with van der Waals surface area (Å²) in [5, 5.41) is 12.2. The first kappa shape index (κ1) is 22.5. The van der Waals surface area contributed by atoms with Gasteiger partial charge in [0.05, 0.1) is 41.5 Å². The Balaban J connectivity index is 1.52. The monoisotopic (exact) mass is 466 g/mol. The number of ether oxygens (including phenoxy) is 1. The molecule has 1 amide bonds. The minimum atomic E-state index is -0.470. The Morgan fingerprint density at radius 1 is 1.21 bits per heavy atom. The Bertz CT molecular complexity index is 1340. The van der Waals surface area contributed by atoms with Crippen LogP contribution in [0.2, 0.25) is 5.02 Å². The number of aromatic nitrogens is 5. The number of hydrogen-bond donors (Lipinski definition) is 1. The Hall–Kier alpha value is -3.72. The van der Waals surface area contributed by atoms with Crippen molar-refractivity contribution in [1.82, 2.24) is 24.4 Å². The van der Waals surface area contributed by atoms with Crippen molar-refractivity contribution < 1.29 is 14.3 Å². The predicted octanol–water partition coefficient (Wildman–Crippen LogP) is 4.07. The number of aryl methyl sites for hydroxylation is 2. The average molecular weight is 467 g/mol. The third-order valence-corrected chi connectivity index (χ3v) is 5.73. The Labute approximate surface area is 195 Å². The number of carbonyl (C=O) groups excluding carboxylic acids is 2. The minimum Gasteiger partial charge on any atom is -0.462 e. The summed E-state index contributed by atoms with van der Waals surface area (Å²) in [5.41, 5.74) is 4.47. The fourth-order valence-electron chi connectivity index (χ4n) is 3.54. The van der Waals surface area contributed by atoms with Gasteiger partial charge in [-0.25, -0.2) is 14.3 Å². The highest BCUT2D eigenvalue weighted by Gasteiger charge is 2.17. The number of nitrogens with one attached hydrogen (secondary N) is 1. The van der Waals surface area contributed by atoms with Gasteiger partial charge in [-0.05, 0) is 39.0 Å². The smallest absolute Gasteiger partial charge is 0.343 e. The number of halogens is 1. The molecule has 3 aromatic heterocycles. The van der Waals surface area contributed by atoms with Crippen LogP contribution in [0.15, 0.2) is 42.7 Å². The molecule has 0 aliphatic heterocycles. The van der Waals surface area contributed by atoms with Gasteiger partial charge in [-0.15, -0.1) is 0 Å². The number of carbonyl (C=O) groups is 2. The van der Waals surface area contributed by atoms with Crippen LogP contribution < -0.4 is 5.32 Å². The molecule has 4 aromatic rings. The molecule has 10 heteroatoms. The summed E-state index contributed by atoms with van der Waals surface area (Å²) in [6.07, 6.45) is 3.31. The third-order valence-electron chi connectivity index (χ3n) is 5.18. The molecule has 4 rings (SSSR count). The van der Waals surface area contributed by atoms with Crippen molar-refractivity contribution in [3.63, 3.8) is 0 Å².